The molecule has 0 aliphatic rings. The van der Waals surface area contributed by atoms with E-state index in [1.165, 1.54) is 4.57 Å². The van der Waals surface area contributed by atoms with Crippen molar-refractivity contribution < 1.29 is 4.42 Å². The van der Waals surface area contributed by atoms with Gasteiger partial charge in [0.05, 0.1) is 11.2 Å². The Balaban J connectivity index is 2.26. The van der Waals surface area contributed by atoms with Crippen molar-refractivity contribution in [2.75, 3.05) is 5.73 Å². The third-order valence-corrected chi connectivity index (χ3v) is 3.40. The molecule has 0 unspecified atom stereocenters. The molecule has 2 N–H and O–H groups in total. The summed E-state index contributed by atoms with van der Waals surface area (Å²) in [5.41, 5.74) is 9.81. The van der Waals surface area contributed by atoms with E-state index in [0.29, 0.717) is 11.4 Å². The molecule has 98 valence electrons. The molecule has 2 aromatic heterocycles. The maximum absolute atomic E-state index is 11.5. The van der Waals surface area contributed by atoms with Gasteiger partial charge in [0.2, 0.25) is 0 Å². The smallest absolute Gasteiger partial charge is 0.408 e. The van der Waals surface area contributed by atoms with Gasteiger partial charge in [-0.05, 0) is 19.1 Å². The number of oxazole rings is 1. The van der Waals surface area contributed by atoms with E-state index in [9.17, 15) is 4.79 Å². The minimum absolute atomic E-state index is 0.371. The van der Waals surface area contributed by atoms with Gasteiger partial charge in [-0.3, -0.25) is 9.25 Å². The Bertz CT molecular complexity index is 838. The fourth-order valence-electron chi connectivity index (χ4n) is 2.20. The van der Waals surface area contributed by atoms with Gasteiger partial charge < -0.3 is 10.2 Å². The number of anilines is 1. The number of benzene rings is 1. The number of aryl methyl sites for hydroxylation is 2. The second-order valence-corrected chi connectivity index (χ2v) is 4.59. The highest BCUT2D eigenvalue weighted by Crippen LogP contribution is 2.28. The van der Waals surface area contributed by atoms with Gasteiger partial charge in [-0.2, -0.15) is 5.10 Å². The van der Waals surface area contributed by atoms with E-state index in [1.807, 2.05) is 25.1 Å². The summed E-state index contributed by atoms with van der Waals surface area (Å²) in [6, 6.07) is 5.57. The largest absolute Gasteiger partial charge is 0.419 e. The van der Waals surface area contributed by atoms with Crippen LogP contribution in [0.5, 0.6) is 0 Å². The number of hydrogen-bond acceptors (Lipinski definition) is 4. The molecular formula is C13H14N4O2. The van der Waals surface area contributed by atoms with E-state index >= 15 is 0 Å². The zero-order valence-electron chi connectivity index (χ0n) is 11.0. The van der Waals surface area contributed by atoms with E-state index in [2.05, 4.69) is 5.10 Å². The first-order valence-corrected chi connectivity index (χ1v) is 5.88. The molecule has 0 bridgehead atoms. The number of hydrogen-bond donors (Lipinski definition) is 1. The summed E-state index contributed by atoms with van der Waals surface area (Å²) in [6.45, 7) is 1.92. The maximum atomic E-state index is 11.5. The molecule has 3 rings (SSSR count). The Morgan fingerprint density at radius 2 is 2.05 bits per heavy atom. The molecule has 0 saturated carbocycles. The van der Waals surface area contributed by atoms with Crippen molar-refractivity contribution in [1.82, 2.24) is 14.3 Å². The zero-order valence-corrected chi connectivity index (χ0v) is 11.0. The summed E-state index contributed by atoms with van der Waals surface area (Å²) in [5.74, 6) is 0.258. The average molecular weight is 258 g/mol. The van der Waals surface area contributed by atoms with Gasteiger partial charge in [0, 0.05) is 25.2 Å². The van der Waals surface area contributed by atoms with E-state index in [1.54, 1.807) is 18.8 Å². The number of nitrogens with two attached hydrogens (primary N) is 1. The molecule has 1 aromatic carbocycles. The topological polar surface area (TPSA) is 79.0 Å². The van der Waals surface area contributed by atoms with Gasteiger partial charge in [0.25, 0.3) is 0 Å². The summed E-state index contributed by atoms with van der Waals surface area (Å²) in [7, 11) is 3.48. The lowest BCUT2D eigenvalue weighted by molar-refractivity contribution is 0.528. The Kier molecular flexibility index (Phi) is 2.28. The number of rotatable bonds is 1. The van der Waals surface area contributed by atoms with Gasteiger partial charge in [0.15, 0.2) is 5.58 Å². The standard InChI is InChI=1S/C13H14N4O2/c1-7-11(15-17(3)12(7)14)8-4-5-9-10(6-8)19-13(18)16(9)2/h4-6H,14H2,1-3H3. The SMILES string of the molecule is Cc1c(-c2ccc3c(c2)oc(=O)n3C)nn(C)c1N. The lowest BCUT2D eigenvalue weighted by Gasteiger charge is -1.99. The Hall–Kier alpha value is -2.50. The second-order valence-electron chi connectivity index (χ2n) is 4.59. The highest BCUT2D eigenvalue weighted by atomic mass is 16.4. The average Bonchev–Trinajstić information content (AvgIpc) is 2.81. The highest BCUT2D eigenvalue weighted by Gasteiger charge is 2.13. The molecule has 6 heteroatoms. The number of aromatic nitrogens is 3. The second kappa shape index (κ2) is 3.74. The summed E-state index contributed by atoms with van der Waals surface area (Å²) in [4.78, 5) is 11.5. The van der Waals surface area contributed by atoms with Crippen LogP contribution in [0, 0.1) is 6.92 Å². The monoisotopic (exact) mass is 258 g/mol. The summed E-state index contributed by atoms with van der Waals surface area (Å²) >= 11 is 0. The molecule has 0 aliphatic heterocycles. The van der Waals surface area contributed by atoms with E-state index in [0.717, 1.165) is 22.3 Å². The molecule has 0 atom stereocenters. The third-order valence-electron chi connectivity index (χ3n) is 3.40. The van der Waals surface area contributed by atoms with Crippen LogP contribution in [0.15, 0.2) is 27.4 Å². The number of fused-ring (bicyclic) bond motifs is 1. The Morgan fingerprint density at radius 1 is 1.32 bits per heavy atom. The van der Waals surface area contributed by atoms with Crippen LogP contribution in [0.3, 0.4) is 0 Å². The summed E-state index contributed by atoms with van der Waals surface area (Å²) in [6.07, 6.45) is 0. The fourth-order valence-corrected chi connectivity index (χ4v) is 2.20. The number of nitrogen functional groups attached to an aromatic ring is 1. The predicted octanol–water partition coefficient (Wildman–Crippen LogP) is 1.42. The molecule has 0 radical (unpaired) electrons. The van der Waals surface area contributed by atoms with Crippen LogP contribution < -0.4 is 11.5 Å². The molecule has 0 spiro atoms. The van der Waals surface area contributed by atoms with E-state index < -0.39 is 0 Å². The van der Waals surface area contributed by atoms with Crippen LogP contribution in [0.25, 0.3) is 22.4 Å². The first kappa shape index (κ1) is 11.6. The molecule has 19 heavy (non-hydrogen) atoms. The molecule has 6 nitrogen and oxygen atoms in total. The predicted molar refractivity (Wildman–Crippen MR) is 72.8 cm³/mol. The van der Waals surface area contributed by atoms with Crippen molar-refractivity contribution in [3.05, 3.63) is 34.3 Å². The van der Waals surface area contributed by atoms with Crippen LogP contribution >= 0.6 is 0 Å². The Morgan fingerprint density at radius 3 is 2.68 bits per heavy atom. The maximum Gasteiger partial charge on any atom is 0.419 e. The molecule has 2 heterocycles. The van der Waals surface area contributed by atoms with Crippen LogP contribution in [0.4, 0.5) is 5.82 Å². The minimum Gasteiger partial charge on any atom is -0.408 e. The van der Waals surface area contributed by atoms with Crippen LogP contribution in [-0.2, 0) is 14.1 Å². The summed E-state index contributed by atoms with van der Waals surface area (Å²) in [5, 5.41) is 4.38. The molecule has 3 aromatic rings. The van der Waals surface area contributed by atoms with Crippen LogP contribution in [-0.4, -0.2) is 14.3 Å². The molecular weight excluding hydrogens is 244 g/mol. The first-order chi connectivity index (χ1) is 8.99. The van der Waals surface area contributed by atoms with Gasteiger partial charge in [-0.1, -0.05) is 6.07 Å². The van der Waals surface area contributed by atoms with Crippen molar-refractivity contribution >= 4 is 16.9 Å². The van der Waals surface area contributed by atoms with Crippen molar-refractivity contribution in [1.29, 1.82) is 0 Å². The van der Waals surface area contributed by atoms with E-state index in [-0.39, 0.29) is 5.76 Å². The molecule has 0 fully saturated rings. The lowest BCUT2D eigenvalue weighted by Crippen LogP contribution is -2.08. The fraction of sp³-hybridized carbons (Fsp3) is 0.231. The van der Waals surface area contributed by atoms with Crippen molar-refractivity contribution in [3.8, 4) is 11.3 Å². The zero-order chi connectivity index (χ0) is 13.7. The van der Waals surface area contributed by atoms with Gasteiger partial charge in [-0.25, -0.2) is 4.79 Å². The first-order valence-electron chi connectivity index (χ1n) is 5.88. The lowest BCUT2D eigenvalue weighted by atomic mass is 10.1. The quantitative estimate of drug-likeness (QED) is 0.716. The van der Waals surface area contributed by atoms with Gasteiger partial charge >= 0.3 is 5.76 Å². The normalized spacial score (nSPS) is 11.3. The molecule has 0 saturated heterocycles. The van der Waals surface area contributed by atoms with Crippen LogP contribution in [0.1, 0.15) is 5.56 Å². The van der Waals surface area contributed by atoms with Crippen molar-refractivity contribution in [3.63, 3.8) is 0 Å². The molecule has 0 aliphatic carbocycles. The third kappa shape index (κ3) is 1.56. The highest BCUT2D eigenvalue weighted by molar-refractivity contribution is 5.81. The van der Waals surface area contributed by atoms with Crippen LogP contribution in [0.2, 0.25) is 0 Å². The minimum atomic E-state index is -0.371. The van der Waals surface area contributed by atoms with Crippen molar-refractivity contribution in [2.24, 2.45) is 14.1 Å². The van der Waals surface area contributed by atoms with Gasteiger partial charge in [0.1, 0.15) is 5.82 Å². The van der Waals surface area contributed by atoms with Gasteiger partial charge in [-0.15, -0.1) is 0 Å². The Labute approximate surface area is 109 Å². The number of nitrogens with zero attached hydrogens (tertiary/aromatic N) is 3. The van der Waals surface area contributed by atoms with Crippen molar-refractivity contribution in [2.45, 2.75) is 6.92 Å². The van der Waals surface area contributed by atoms with E-state index in [4.69, 9.17) is 10.2 Å². The summed E-state index contributed by atoms with van der Waals surface area (Å²) < 4.78 is 8.29. The molecule has 0 amide bonds.